The van der Waals surface area contributed by atoms with E-state index in [-0.39, 0.29) is 19.3 Å². The van der Waals surface area contributed by atoms with Crippen molar-refractivity contribution in [3.05, 3.63) is 42.0 Å². The van der Waals surface area contributed by atoms with Crippen molar-refractivity contribution in [3.8, 4) is 0 Å². The molecule has 0 radical (unpaired) electrons. The monoisotopic (exact) mass is 282 g/mol. The summed E-state index contributed by atoms with van der Waals surface area (Å²) in [6, 6.07) is 10.3. The second-order valence-corrected chi connectivity index (χ2v) is 7.71. The Morgan fingerprint density at radius 1 is 1.31 bits per heavy atom. The molecule has 0 heterocycles. The van der Waals surface area contributed by atoms with Crippen LogP contribution < -0.4 is 4.46 Å². The second-order valence-electron chi connectivity index (χ2n) is 4.33. The fourth-order valence-electron chi connectivity index (χ4n) is 1.28. The zero-order valence-electron chi connectivity index (χ0n) is 10.1. The maximum atomic E-state index is 11.2. The van der Waals surface area contributed by atoms with E-state index in [1.54, 1.807) is 0 Å². The van der Waals surface area contributed by atoms with Gasteiger partial charge in [0.25, 0.3) is 0 Å². The molecule has 0 N–H and O–H groups in total. The molecule has 0 bridgehead atoms. The molecule has 1 unspecified atom stereocenters. The fourth-order valence-corrected chi connectivity index (χ4v) is 3.47. The Morgan fingerprint density at radius 2 is 1.94 bits per heavy atom. The van der Waals surface area contributed by atoms with Gasteiger partial charge in [0.2, 0.25) is 0 Å². The van der Waals surface area contributed by atoms with Crippen LogP contribution in [0.3, 0.4) is 0 Å². The van der Waals surface area contributed by atoms with Crippen LogP contribution >= 0.6 is 0 Å². The van der Waals surface area contributed by atoms with Gasteiger partial charge in [-0.05, 0) is 0 Å². The van der Waals surface area contributed by atoms with Crippen molar-refractivity contribution < 1.29 is 4.79 Å². The Balaban J connectivity index is 2.74. The average molecular weight is 281 g/mol. The van der Waals surface area contributed by atoms with E-state index in [0.29, 0.717) is 0 Å². The van der Waals surface area contributed by atoms with Crippen LogP contribution in [0.1, 0.15) is 27.2 Å². The molecule has 0 fully saturated rings. The molecule has 16 heavy (non-hydrogen) atoms. The minimum absolute atomic E-state index is 0.196. The Morgan fingerprint density at radius 3 is 2.44 bits per heavy atom. The molecule has 0 saturated heterocycles. The maximum absolute atomic E-state index is 11.2. The van der Waals surface area contributed by atoms with Gasteiger partial charge < -0.3 is 0 Å². The van der Waals surface area contributed by atoms with Crippen LogP contribution in [0, 0.1) is 0 Å². The molecule has 0 amide bonds. The van der Waals surface area contributed by atoms with Crippen LogP contribution in [0.4, 0.5) is 0 Å². The van der Waals surface area contributed by atoms with Gasteiger partial charge in [-0.25, -0.2) is 0 Å². The van der Waals surface area contributed by atoms with E-state index in [9.17, 15) is 4.79 Å². The molecule has 2 heteroatoms. The number of carbonyl (C=O) groups excluding carboxylic acids is 1. The molecular formula is C14H18OSe. The third kappa shape index (κ3) is 4.34. The summed E-state index contributed by atoms with van der Waals surface area (Å²) in [5, 5.41) is 0. The van der Waals surface area contributed by atoms with Gasteiger partial charge in [0.1, 0.15) is 0 Å². The molecule has 0 aliphatic heterocycles. The van der Waals surface area contributed by atoms with Crippen molar-refractivity contribution in [2.45, 2.75) is 31.5 Å². The van der Waals surface area contributed by atoms with E-state index < -0.39 is 0 Å². The summed E-state index contributed by atoms with van der Waals surface area (Å²) in [6.07, 6.45) is 4.10. The SMILES string of the molecule is CC(C)=CCC(C)(C=O)[Se]c1ccccc1. The van der Waals surface area contributed by atoms with Gasteiger partial charge in [0.05, 0.1) is 0 Å². The van der Waals surface area contributed by atoms with Crippen LogP contribution in [0.2, 0.25) is 4.31 Å². The van der Waals surface area contributed by atoms with Crippen LogP contribution in [0.25, 0.3) is 0 Å². The number of allylic oxidation sites excluding steroid dienone is 2. The quantitative estimate of drug-likeness (QED) is 0.461. The van der Waals surface area contributed by atoms with Crippen LogP contribution in [-0.2, 0) is 4.79 Å². The topological polar surface area (TPSA) is 17.1 Å². The molecule has 1 aromatic carbocycles. The molecule has 86 valence electrons. The Bertz CT molecular complexity index is 366. The molecule has 1 rings (SSSR count). The Kier molecular flexibility index (Phi) is 4.98. The average Bonchev–Trinajstić information content (AvgIpc) is 2.28. The first kappa shape index (κ1) is 13.2. The van der Waals surface area contributed by atoms with Gasteiger partial charge >= 0.3 is 104 Å². The zero-order chi connectivity index (χ0) is 12.0. The summed E-state index contributed by atoms with van der Waals surface area (Å²) in [4.78, 5) is 11.2. The predicted octanol–water partition coefficient (Wildman–Crippen LogP) is 2.75. The summed E-state index contributed by atoms with van der Waals surface area (Å²) in [7, 11) is 0. The minimum atomic E-state index is -0.217. The van der Waals surface area contributed by atoms with Crippen molar-refractivity contribution in [2.24, 2.45) is 0 Å². The van der Waals surface area contributed by atoms with E-state index in [4.69, 9.17) is 0 Å². The summed E-state index contributed by atoms with van der Waals surface area (Å²) in [6.45, 7) is 6.19. The normalized spacial score (nSPS) is 13.9. The van der Waals surface area contributed by atoms with Crippen LogP contribution in [-0.4, -0.2) is 21.2 Å². The van der Waals surface area contributed by atoms with Gasteiger partial charge in [0, 0.05) is 0 Å². The first-order valence-electron chi connectivity index (χ1n) is 5.39. The fraction of sp³-hybridized carbons (Fsp3) is 0.357. The van der Waals surface area contributed by atoms with Gasteiger partial charge in [-0.1, -0.05) is 0 Å². The van der Waals surface area contributed by atoms with Gasteiger partial charge in [-0.15, -0.1) is 0 Å². The standard InChI is InChI=1S/C14H18OSe/c1-12(2)9-10-14(3,11-15)16-13-7-5-4-6-8-13/h4-9,11H,10H2,1-3H3. The Labute approximate surface area is 104 Å². The summed E-state index contributed by atoms with van der Waals surface area (Å²) >= 11 is 0.196. The molecule has 0 aliphatic rings. The third-order valence-electron chi connectivity index (χ3n) is 2.26. The van der Waals surface area contributed by atoms with Gasteiger partial charge in [-0.3, -0.25) is 0 Å². The predicted molar refractivity (Wildman–Crippen MR) is 70.3 cm³/mol. The first-order chi connectivity index (χ1) is 7.56. The molecule has 0 aliphatic carbocycles. The van der Waals surface area contributed by atoms with E-state index >= 15 is 0 Å². The number of aldehydes is 1. The number of benzene rings is 1. The molecule has 1 aromatic rings. The number of hydrogen-bond acceptors (Lipinski definition) is 1. The van der Waals surface area contributed by atoms with Crippen molar-refractivity contribution in [3.63, 3.8) is 0 Å². The van der Waals surface area contributed by atoms with Crippen molar-refractivity contribution >= 4 is 25.7 Å². The van der Waals surface area contributed by atoms with Crippen LogP contribution in [0.15, 0.2) is 42.0 Å². The molecule has 1 atom stereocenters. The third-order valence-corrected chi connectivity index (χ3v) is 4.85. The molecule has 1 nitrogen and oxygen atoms in total. The first-order valence-corrected chi connectivity index (χ1v) is 7.11. The van der Waals surface area contributed by atoms with E-state index in [0.717, 1.165) is 12.7 Å². The number of carbonyl (C=O) groups is 1. The summed E-state index contributed by atoms with van der Waals surface area (Å²) < 4.78 is 1.07. The molecular weight excluding hydrogens is 263 g/mol. The number of rotatable bonds is 5. The van der Waals surface area contributed by atoms with E-state index in [2.05, 4.69) is 32.1 Å². The van der Waals surface area contributed by atoms with Gasteiger partial charge in [0.15, 0.2) is 0 Å². The molecule has 0 saturated carbocycles. The summed E-state index contributed by atoms with van der Waals surface area (Å²) in [5.41, 5.74) is 1.27. The van der Waals surface area contributed by atoms with Crippen molar-refractivity contribution in [1.29, 1.82) is 0 Å². The van der Waals surface area contributed by atoms with Gasteiger partial charge in [-0.2, -0.15) is 0 Å². The number of hydrogen-bond donors (Lipinski definition) is 0. The van der Waals surface area contributed by atoms with Crippen LogP contribution in [0.5, 0.6) is 0 Å². The second kappa shape index (κ2) is 6.03. The summed E-state index contributed by atoms with van der Waals surface area (Å²) in [5.74, 6) is 0. The Hall–Kier alpha value is -0.851. The molecule has 0 spiro atoms. The zero-order valence-corrected chi connectivity index (χ0v) is 11.8. The van der Waals surface area contributed by atoms with Crippen molar-refractivity contribution in [1.82, 2.24) is 0 Å². The molecule has 0 aromatic heterocycles. The van der Waals surface area contributed by atoms with E-state index in [1.807, 2.05) is 25.1 Å². The van der Waals surface area contributed by atoms with Crippen molar-refractivity contribution in [2.75, 3.05) is 0 Å². The van der Waals surface area contributed by atoms with E-state index in [1.165, 1.54) is 10.0 Å².